The zero-order valence-electron chi connectivity index (χ0n) is 16.5. The van der Waals surface area contributed by atoms with Gasteiger partial charge in [0.05, 0.1) is 4.90 Å². The number of anilines is 1. The monoisotopic (exact) mass is 456 g/mol. The van der Waals surface area contributed by atoms with E-state index >= 15 is 0 Å². The number of carbonyl (C=O) groups excluding carboxylic acids is 1. The van der Waals surface area contributed by atoms with Gasteiger partial charge in [0.1, 0.15) is 5.01 Å². The van der Waals surface area contributed by atoms with Crippen LogP contribution in [-0.2, 0) is 14.8 Å². The summed E-state index contributed by atoms with van der Waals surface area (Å²) in [6.07, 6.45) is 2.91. The van der Waals surface area contributed by atoms with Crippen molar-refractivity contribution in [1.29, 1.82) is 0 Å². The molecule has 1 N–H and O–H groups in total. The lowest BCUT2D eigenvalue weighted by molar-refractivity contribution is -0.120. The molecule has 29 heavy (non-hydrogen) atoms. The summed E-state index contributed by atoms with van der Waals surface area (Å²) < 4.78 is 26.9. The highest BCUT2D eigenvalue weighted by atomic mass is 35.5. The van der Waals surface area contributed by atoms with Crippen LogP contribution in [0, 0.1) is 5.92 Å². The first-order valence-electron chi connectivity index (χ1n) is 9.75. The Kier molecular flexibility index (Phi) is 7.26. The molecule has 1 fully saturated rings. The molecule has 0 radical (unpaired) electrons. The fourth-order valence-corrected chi connectivity index (χ4v) is 6.02. The standard InChI is InChI=1S/C19H25ClN4O3S2/c1-3-13(4-2)18-22-23-19(28-18)21-17(25)14-9-11-24(12-10-14)29(26,27)16-7-5-15(20)6-8-16/h5-8,13-14H,3-4,9-12H2,1-2H3,(H,21,23,25). The van der Waals surface area contributed by atoms with Crippen LogP contribution < -0.4 is 5.32 Å². The summed E-state index contributed by atoms with van der Waals surface area (Å²) in [5.74, 6) is -0.00702. The van der Waals surface area contributed by atoms with Gasteiger partial charge in [-0.3, -0.25) is 4.79 Å². The van der Waals surface area contributed by atoms with Crippen molar-refractivity contribution in [3.05, 3.63) is 34.3 Å². The molecular weight excluding hydrogens is 432 g/mol. The number of hydrogen-bond donors (Lipinski definition) is 1. The fraction of sp³-hybridized carbons (Fsp3) is 0.526. The molecule has 1 saturated heterocycles. The highest BCUT2D eigenvalue weighted by Crippen LogP contribution is 2.29. The summed E-state index contributed by atoms with van der Waals surface area (Å²) in [4.78, 5) is 12.8. The second kappa shape index (κ2) is 9.51. The summed E-state index contributed by atoms with van der Waals surface area (Å²) in [6.45, 7) is 4.83. The van der Waals surface area contributed by atoms with Crippen molar-refractivity contribution >= 4 is 44.0 Å². The maximum absolute atomic E-state index is 12.8. The molecule has 0 aliphatic carbocycles. The van der Waals surface area contributed by atoms with E-state index in [1.54, 1.807) is 12.1 Å². The third-order valence-electron chi connectivity index (χ3n) is 5.28. The number of amides is 1. The van der Waals surface area contributed by atoms with Gasteiger partial charge in [0.15, 0.2) is 0 Å². The minimum absolute atomic E-state index is 0.124. The van der Waals surface area contributed by atoms with Gasteiger partial charge in [-0.05, 0) is 49.9 Å². The van der Waals surface area contributed by atoms with E-state index in [2.05, 4.69) is 29.4 Å². The van der Waals surface area contributed by atoms with Crippen LogP contribution in [0.2, 0.25) is 5.02 Å². The van der Waals surface area contributed by atoms with Crippen LogP contribution in [0.3, 0.4) is 0 Å². The zero-order valence-corrected chi connectivity index (χ0v) is 18.9. The first kappa shape index (κ1) is 22.1. The number of nitrogens with zero attached hydrogens (tertiary/aromatic N) is 3. The minimum atomic E-state index is -3.58. The van der Waals surface area contributed by atoms with Crippen LogP contribution in [0.1, 0.15) is 50.5 Å². The summed E-state index contributed by atoms with van der Waals surface area (Å²) in [5, 5.41) is 13.1. The molecule has 1 aromatic heterocycles. The van der Waals surface area contributed by atoms with E-state index < -0.39 is 10.0 Å². The predicted octanol–water partition coefficient (Wildman–Crippen LogP) is 4.13. The van der Waals surface area contributed by atoms with Crippen molar-refractivity contribution in [2.75, 3.05) is 18.4 Å². The first-order chi connectivity index (χ1) is 13.8. The molecule has 2 heterocycles. The van der Waals surface area contributed by atoms with Gasteiger partial charge in [-0.25, -0.2) is 8.42 Å². The van der Waals surface area contributed by atoms with Crippen LogP contribution >= 0.6 is 22.9 Å². The second-order valence-corrected chi connectivity index (χ2v) is 10.5. The Morgan fingerprint density at radius 3 is 2.41 bits per heavy atom. The second-order valence-electron chi connectivity index (χ2n) is 7.08. The fourth-order valence-electron chi connectivity index (χ4n) is 3.41. The number of aromatic nitrogens is 2. The lowest BCUT2D eigenvalue weighted by atomic mass is 9.97. The molecule has 2 aromatic rings. The van der Waals surface area contributed by atoms with Crippen LogP contribution in [0.5, 0.6) is 0 Å². The van der Waals surface area contributed by atoms with Crippen LogP contribution in [-0.4, -0.2) is 41.9 Å². The van der Waals surface area contributed by atoms with Crippen molar-refractivity contribution in [2.45, 2.75) is 50.3 Å². The van der Waals surface area contributed by atoms with Crippen LogP contribution in [0.25, 0.3) is 0 Å². The van der Waals surface area contributed by atoms with Crippen LogP contribution in [0.15, 0.2) is 29.2 Å². The molecule has 10 heteroatoms. The molecule has 0 saturated carbocycles. The van der Waals surface area contributed by atoms with Gasteiger partial charge in [-0.2, -0.15) is 4.31 Å². The van der Waals surface area contributed by atoms with Crippen LogP contribution in [0.4, 0.5) is 5.13 Å². The van der Waals surface area contributed by atoms with E-state index in [1.165, 1.54) is 27.8 Å². The zero-order chi connectivity index (χ0) is 21.0. The number of hydrogen-bond acceptors (Lipinski definition) is 6. The molecule has 7 nitrogen and oxygen atoms in total. The molecule has 1 aliphatic rings. The van der Waals surface area contributed by atoms with E-state index in [0.717, 1.165) is 17.8 Å². The number of piperidine rings is 1. The number of benzene rings is 1. The minimum Gasteiger partial charge on any atom is -0.300 e. The van der Waals surface area contributed by atoms with Gasteiger partial charge in [-0.15, -0.1) is 10.2 Å². The Hall–Kier alpha value is -1.55. The van der Waals surface area contributed by atoms with E-state index in [9.17, 15) is 13.2 Å². The summed E-state index contributed by atoms with van der Waals surface area (Å²) in [7, 11) is -3.58. The third-order valence-corrected chi connectivity index (χ3v) is 8.45. The lowest BCUT2D eigenvalue weighted by Gasteiger charge is -2.30. The molecular formula is C19H25ClN4O3S2. The SMILES string of the molecule is CCC(CC)c1nnc(NC(=O)C2CCN(S(=O)(=O)c3ccc(Cl)cc3)CC2)s1. The Balaban J connectivity index is 1.57. The largest absolute Gasteiger partial charge is 0.300 e. The molecule has 158 valence electrons. The molecule has 1 aliphatic heterocycles. The van der Waals surface area contributed by atoms with Crippen molar-refractivity contribution in [1.82, 2.24) is 14.5 Å². The van der Waals surface area contributed by atoms with E-state index in [0.29, 0.717) is 42.0 Å². The van der Waals surface area contributed by atoms with E-state index in [-0.39, 0.29) is 16.7 Å². The number of halogens is 1. The number of rotatable bonds is 7. The lowest BCUT2D eigenvalue weighted by Crippen LogP contribution is -2.41. The highest BCUT2D eigenvalue weighted by molar-refractivity contribution is 7.89. The molecule has 0 bridgehead atoms. The first-order valence-corrected chi connectivity index (χ1v) is 12.4. The average molecular weight is 457 g/mol. The Bertz CT molecular complexity index is 935. The number of nitrogens with one attached hydrogen (secondary N) is 1. The van der Waals surface area contributed by atoms with Gasteiger partial charge < -0.3 is 5.32 Å². The highest BCUT2D eigenvalue weighted by Gasteiger charge is 2.32. The summed E-state index contributed by atoms with van der Waals surface area (Å²) >= 11 is 7.26. The van der Waals surface area contributed by atoms with E-state index in [4.69, 9.17) is 11.6 Å². The molecule has 0 spiro atoms. The number of carbonyl (C=O) groups is 1. The Morgan fingerprint density at radius 2 is 1.83 bits per heavy atom. The van der Waals surface area contributed by atoms with Gasteiger partial charge in [0, 0.05) is 29.9 Å². The molecule has 0 unspecified atom stereocenters. The maximum atomic E-state index is 12.8. The maximum Gasteiger partial charge on any atom is 0.243 e. The van der Waals surface area contributed by atoms with Crippen molar-refractivity contribution in [3.63, 3.8) is 0 Å². The predicted molar refractivity (Wildman–Crippen MR) is 115 cm³/mol. The van der Waals surface area contributed by atoms with E-state index in [1.807, 2.05) is 0 Å². The summed E-state index contributed by atoms with van der Waals surface area (Å²) in [6, 6.07) is 6.13. The number of sulfonamides is 1. The van der Waals surface area contributed by atoms with Crippen molar-refractivity contribution in [3.8, 4) is 0 Å². The third kappa shape index (κ3) is 5.14. The van der Waals surface area contributed by atoms with Crippen molar-refractivity contribution < 1.29 is 13.2 Å². The van der Waals surface area contributed by atoms with Gasteiger partial charge in [-0.1, -0.05) is 36.8 Å². The smallest absolute Gasteiger partial charge is 0.243 e. The Morgan fingerprint density at radius 1 is 1.21 bits per heavy atom. The molecule has 3 rings (SSSR count). The average Bonchev–Trinajstić information content (AvgIpc) is 3.17. The van der Waals surface area contributed by atoms with Gasteiger partial charge in [0.25, 0.3) is 0 Å². The van der Waals surface area contributed by atoms with Gasteiger partial charge in [0.2, 0.25) is 21.1 Å². The van der Waals surface area contributed by atoms with Gasteiger partial charge >= 0.3 is 0 Å². The molecule has 1 aromatic carbocycles. The molecule has 1 amide bonds. The quantitative estimate of drug-likeness (QED) is 0.676. The Labute approximate surface area is 180 Å². The normalized spacial score (nSPS) is 16.3. The topological polar surface area (TPSA) is 92.3 Å². The van der Waals surface area contributed by atoms with Crippen molar-refractivity contribution in [2.24, 2.45) is 5.92 Å². The molecule has 0 atom stereocenters. The summed E-state index contributed by atoms with van der Waals surface area (Å²) in [5.41, 5.74) is 0.